The molecule has 274 valence electrons. The molecular weight excluding hydrogens is 636 g/mol. The predicted molar refractivity (Wildman–Crippen MR) is 206 cm³/mol. The van der Waals surface area contributed by atoms with Gasteiger partial charge in [0.05, 0.1) is 25.4 Å². The molecule has 4 unspecified atom stereocenters. The number of hydrogen-bond donors (Lipinski definition) is 1. The molecule has 4 atom stereocenters. The summed E-state index contributed by atoms with van der Waals surface area (Å²) in [5.74, 6) is 0. The molecule has 8 heteroatoms. The summed E-state index contributed by atoms with van der Waals surface area (Å²) in [6.45, 7) is 9.07. The average molecular weight is 696 g/mol. The molecule has 1 N–H and O–H groups in total. The topological polar surface area (TPSA) is 66.5 Å². The van der Waals surface area contributed by atoms with Crippen molar-refractivity contribution in [1.29, 1.82) is 0 Å². The van der Waals surface area contributed by atoms with Crippen LogP contribution in [0.2, 0.25) is 0 Å². The zero-order chi connectivity index (χ0) is 35.7. The Morgan fingerprint density at radius 2 is 1.08 bits per heavy atom. The van der Waals surface area contributed by atoms with Crippen molar-refractivity contribution in [2.24, 2.45) is 0 Å². The van der Waals surface area contributed by atoms with Crippen LogP contribution in [0.4, 0.5) is 4.79 Å². The maximum Gasteiger partial charge on any atom is 0.409 e. The molecule has 8 nitrogen and oxygen atoms in total. The number of rotatable bonds is 13. The van der Waals surface area contributed by atoms with Crippen molar-refractivity contribution >= 4 is 6.09 Å². The number of nitrogens with one attached hydrogen (secondary N) is 1. The van der Waals surface area contributed by atoms with Crippen LogP contribution in [-0.2, 0) is 40.4 Å². The average Bonchev–Trinajstić information content (AvgIpc) is 3.19. The minimum atomic E-state index is -0.249. The first-order valence-corrected chi connectivity index (χ1v) is 18.4. The van der Waals surface area contributed by atoms with Crippen LogP contribution in [0.5, 0.6) is 0 Å². The number of carbonyl (C=O) groups is 1. The van der Waals surface area contributed by atoms with Crippen molar-refractivity contribution in [1.82, 2.24) is 20.0 Å². The molecule has 0 bridgehead atoms. The molecule has 0 aliphatic carbocycles. The third-order valence-corrected chi connectivity index (χ3v) is 9.90. The van der Waals surface area contributed by atoms with E-state index in [0.717, 1.165) is 52.1 Å². The fourth-order valence-electron chi connectivity index (χ4n) is 7.26. The van der Waals surface area contributed by atoms with E-state index in [2.05, 4.69) is 124 Å². The molecule has 4 aromatic rings. The number of carbonyl (C=O) groups excluding carboxylic acids is 1. The fourth-order valence-corrected chi connectivity index (χ4v) is 7.26. The van der Waals surface area contributed by atoms with Crippen LogP contribution in [0.25, 0.3) is 0 Å². The largest absolute Gasteiger partial charge is 0.450 e. The van der Waals surface area contributed by atoms with Gasteiger partial charge in [-0.2, -0.15) is 0 Å². The quantitative estimate of drug-likeness (QED) is 0.158. The van der Waals surface area contributed by atoms with Gasteiger partial charge in [0, 0.05) is 67.0 Å². The number of piperidine rings is 2. The van der Waals surface area contributed by atoms with Gasteiger partial charge in [0.15, 0.2) is 0 Å². The Labute approximate surface area is 306 Å². The second-order valence-corrected chi connectivity index (χ2v) is 13.4. The maximum atomic E-state index is 12.2. The van der Waals surface area contributed by atoms with Gasteiger partial charge in [-0.1, -0.05) is 121 Å². The first kappa shape index (κ1) is 38.2. The summed E-state index contributed by atoms with van der Waals surface area (Å²) >= 11 is 0. The SMILES string of the molecule is CCOC(=O)N1CCC(N(Cc2ccccc2)Cc2ccccc2)C(OC)C1.COC1CNCCC1N(Cc1ccccc1)Cc1ccccc1.[2HH]. The number of nitrogens with zero attached hydrogens (tertiary/aromatic N) is 3. The van der Waals surface area contributed by atoms with Gasteiger partial charge in [-0.25, -0.2) is 4.79 Å². The maximum absolute atomic E-state index is 12.2. The summed E-state index contributed by atoms with van der Waals surface area (Å²) in [6.07, 6.45) is 1.93. The normalized spacial score (nSPS) is 20.5. The first-order valence-electron chi connectivity index (χ1n) is 18.4. The van der Waals surface area contributed by atoms with Crippen molar-refractivity contribution in [3.05, 3.63) is 144 Å². The molecule has 2 aliphatic heterocycles. The Hall–Kier alpha value is -4.05. The summed E-state index contributed by atoms with van der Waals surface area (Å²) in [7, 11) is 3.56. The molecular formula is C43H58N4O4. The summed E-state index contributed by atoms with van der Waals surface area (Å²) in [5.41, 5.74) is 5.27. The van der Waals surface area contributed by atoms with Crippen LogP contribution >= 0.6 is 0 Å². The van der Waals surface area contributed by atoms with Crippen molar-refractivity contribution in [2.75, 3.05) is 47.0 Å². The van der Waals surface area contributed by atoms with E-state index >= 15 is 0 Å². The standard InChI is InChI=1S/C23H30N2O3.C20H26N2O.H2/c1-3-28-23(26)24-15-14-21(22(18-24)27-2)25(16-19-10-6-4-7-11-19)17-20-12-8-5-9-13-20;1-23-20-14-21-13-12-19(20)22(15-17-8-4-2-5-9-17)16-18-10-6-3-7-11-18;/h4-13,21-22H,3,14-18H2,1-2H3;2-11,19-21H,12-16H2,1H3;1H/i;;1+1. The number of hydrogen-bond acceptors (Lipinski definition) is 7. The second-order valence-electron chi connectivity index (χ2n) is 13.4. The minimum Gasteiger partial charge on any atom is -0.450 e. The van der Waals surface area contributed by atoms with Crippen LogP contribution in [0.1, 0.15) is 43.4 Å². The number of benzene rings is 4. The number of amides is 1. The highest BCUT2D eigenvalue weighted by Crippen LogP contribution is 2.25. The lowest BCUT2D eigenvalue weighted by atomic mass is 9.98. The summed E-state index contributed by atoms with van der Waals surface area (Å²) < 4.78 is 16.8. The lowest BCUT2D eigenvalue weighted by Gasteiger charge is -2.43. The molecule has 2 aliphatic rings. The van der Waals surface area contributed by atoms with E-state index < -0.39 is 0 Å². The highest BCUT2D eigenvalue weighted by molar-refractivity contribution is 5.67. The van der Waals surface area contributed by atoms with Crippen molar-refractivity contribution in [3.63, 3.8) is 0 Å². The van der Waals surface area contributed by atoms with Gasteiger partial charge >= 0.3 is 6.09 Å². The highest BCUT2D eigenvalue weighted by Gasteiger charge is 2.36. The van der Waals surface area contributed by atoms with Gasteiger partial charge in [0.1, 0.15) is 0 Å². The molecule has 2 heterocycles. The highest BCUT2D eigenvalue weighted by atomic mass is 16.6. The number of methoxy groups -OCH3 is 2. The van der Waals surface area contributed by atoms with E-state index in [1.54, 1.807) is 12.0 Å². The molecule has 0 spiro atoms. The molecule has 0 saturated carbocycles. The van der Waals surface area contributed by atoms with Crippen molar-refractivity contribution < 1.29 is 20.4 Å². The van der Waals surface area contributed by atoms with E-state index in [1.807, 2.05) is 26.2 Å². The Morgan fingerprint density at radius 3 is 1.47 bits per heavy atom. The third-order valence-electron chi connectivity index (χ3n) is 9.90. The summed E-state index contributed by atoms with van der Waals surface area (Å²) in [5, 5.41) is 3.45. The molecule has 2 fully saturated rings. The van der Waals surface area contributed by atoms with Gasteiger partial charge in [-0.05, 0) is 48.6 Å². The zero-order valence-corrected chi connectivity index (χ0v) is 30.6. The number of likely N-dealkylation sites (tertiary alicyclic amines) is 1. The molecule has 1 amide bonds. The lowest BCUT2D eigenvalue weighted by molar-refractivity contribution is -0.0413. The Kier molecular flexibility index (Phi) is 15.5. The summed E-state index contributed by atoms with van der Waals surface area (Å²) in [4.78, 5) is 19.0. The van der Waals surface area contributed by atoms with Crippen LogP contribution in [-0.4, -0.2) is 92.1 Å². The zero-order valence-electron chi connectivity index (χ0n) is 30.6. The Bertz CT molecular complexity index is 1450. The van der Waals surface area contributed by atoms with Crippen LogP contribution in [0, 0.1) is 0 Å². The molecule has 51 heavy (non-hydrogen) atoms. The van der Waals surface area contributed by atoms with E-state index in [1.165, 1.54) is 22.3 Å². The fraction of sp³-hybridized carbons (Fsp3) is 0.419. The molecule has 2 saturated heterocycles. The smallest absolute Gasteiger partial charge is 0.409 e. The summed E-state index contributed by atoms with van der Waals surface area (Å²) in [6, 6.07) is 43.2. The predicted octanol–water partition coefficient (Wildman–Crippen LogP) is 7.25. The second kappa shape index (κ2) is 20.7. The van der Waals surface area contributed by atoms with Gasteiger partial charge in [0.2, 0.25) is 0 Å². The van der Waals surface area contributed by atoms with E-state index in [9.17, 15) is 4.79 Å². The van der Waals surface area contributed by atoms with E-state index in [0.29, 0.717) is 25.7 Å². The van der Waals surface area contributed by atoms with Gasteiger partial charge in [0.25, 0.3) is 0 Å². The third kappa shape index (κ3) is 11.7. The first-order chi connectivity index (χ1) is 25.1. The van der Waals surface area contributed by atoms with Crippen LogP contribution < -0.4 is 5.32 Å². The number of ether oxygens (including phenoxy) is 3. The van der Waals surface area contributed by atoms with Crippen molar-refractivity contribution in [2.45, 2.75) is 70.2 Å². The molecule has 0 aromatic heterocycles. The van der Waals surface area contributed by atoms with Gasteiger partial charge in [-0.15, -0.1) is 0 Å². The molecule has 0 radical (unpaired) electrons. The van der Waals surface area contributed by atoms with E-state index in [4.69, 9.17) is 14.2 Å². The lowest BCUT2D eigenvalue weighted by Crippen LogP contribution is -2.55. The van der Waals surface area contributed by atoms with Crippen LogP contribution in [0.15, 0.2) is 121 Å². The van der Waals surface area contributed by atoms with Gasteiger partial charge in [-0.3, -0.25) is 9.80 Å². The minimum absolute atomic E-state index is 0. The monoisotopic (exact) mass is 695 g/mol. The Morgan fingerprint density at radius 1 is 0.667 bits per heavy atom. The van der Waals surface area contributed by atoms with Crippen LogP contribution in [0.3, 0.4) is 0 Å². The molecule has 6 rings (SSSR count). The van der Waals surface area contributed by atoms with Crippen molar-refractivity contribution in [3.8, 4) is 0 Å². The van der Waals surface area contributed by atoms with Gasteiger partial charge < -0.3 is 24.4 Å². The molecule has 4 aromatic carbocycles. The Balaban J connectivity index is 0.000000232. The van der Waals surface area contributed by atoms with E-state index in [-0.39, 0.29) is 25.8 Å².